The Bertz CT molecular complexity index is 1630. The van der Waals surface area contributed by atoms with Crippen LogP contribution < -0.4 is 9.62 Å². The summed E-state index contributed by atoms with van der Waals surface area (Å²) in [5.41, 5.74) is 1.74. The summed E-state index contributed by atoms with van der Waals surface area (Å²) in [4.78, 5) is 28.8. The van der Waals surface area contributed by atoms with E-state index in [1.807, 2.05) is 30.3 Å². The smallest absolute Gasteiger partial charge is 0.264 e. The molecule has 0 radical (unpaired) electrons. The third-order valence-corrected chi connectivity index (χ3v) is 9.09. The Labute approximate surface area is 260 Å². The third kappa shape index (κ3) is 7.83. The molecule has 0 unspecified atom stereocenters. The van der Waals surface area contributed by atoms with Gasteiger partial charge >= 0.3 is 0 Å². The van der Waals surface area contributed by atoms with Crippen molar-refractivity contribution in [3.8, 4) is 0 Å². The van der Waals surface area contributed by atoms with Crippen molar-refractivity contribution < 1.29 is 18.0 Å². The largest absolute Gasteiger partial charge is 0.357 e. The number of nitrogens with one attached hydrogen (secondary N) is 1. The molecular formula is C31H28Cl3N3O4S. The molecule has 4 aromatic carbocycles. The summed E-state index contributed by atoms with van der Waals surface area (Å²) in [6, 6.07) is 27.1. The highest BCUT2D eigenvalue weighted by atomic mass is 35.5. The summed E-state index contributed by atoms with van der Waals surface area (Å²) < 4.78 is 28.9. The van der Waals surface area contributed by atoms with Crippen LogP contribution in [0.5, 0.6) is 0 Å². The van der Waals surface area contributed by atoms with E-state index >= 15 is 0 Å². The first-order valence-electron chi connectivity index (χ1n) is 12.9. The number of carbonyl (C=O) groups is 2. The van der Waals surface area contributed by atoms with Crippen LogP contribution in [-0.4, -0.2) is 44.8 Å². The van der Waals surface area contributed by atoms with E-state index in [2.05, 4.69) is 5.32 Å². The number of hydrogen-bond donors (Lipinski definition) is 1. The number of carbonyl (C=O) groups excluding carboxylic acids is 2. The minimum atomic E-state index is -4.25. The molecule has 0 saturated carbocycles. The van der Waals surface area contributed by atoms with E-state index in [1.54, 1.807) is 42.5 Å². The Morgan fingerprint density at radius 2 is 1.38 bits per heavy atom. The predicted molar refractivity (Wildman–Crippen MR) is 167 cm³/mol. The summed E-state index contributed by atoms with van der Waals surface area (Å²) in [6.07, 6.45) is 0.209. The van der Waals surface area contributed by atoms with Crippen molar-refractivity contribution in [2.75, 3.05) is 17.9 Å². The van der Waals surface area contributed by atoms with Crippen LogP contribution in [0.1, 0.15) is 11.1 Å². The van der Waals surface area contributed by atoms with Crippen LogP contribution in [0.2, 0.25) is 15.1 Å². The van der Waals surface area contributed by atoms with Gasteiger partial charge in [-0.25, -0.2) is 8.42 Å². The molecule has 11 heteroatoms. The molecule has 42 heavy (non-hydrogen) atoms. The second-order valence-electron chi connectivity index (χ2n) is 9.41. The molecule has 0 aliphatic carbocycles. The molecular weight excluding hydrogens is 617 g/mol. The van der Waals surface area contributed by atoms with Crippen LogP contribution in [-0.2, 0) is 32.6 Å². The topological polar surface area (TPSA) is 86.8 Å². The second kappa shape index (κ2) is 14.1. The molecule has 0 aliphatic heterocycles. The first kappa shape index (κ1) is 31.4. The number of amides is 2. The van der Waals surface area contributed by atoms with Gasteiger partial charge in [0.15, 0.2) is 0 Å². The minimum Gasteiger partial charge on any atom is -0.357 e. The van der Waals surface area contributed by atoms with Crippen molar-refractivity contribution in [1.29, 1.82) is 0 Å². The predicted octanol–water partition coefficient (Wildman–Crippen LogP) is 6.23. The summed E-state index contributed by atoms with van der Waals surface area (Å²) >= 11 is 18.3. The standard InChI is InChI=1S/C31H28Cl3N3O4S/c1-35-31(39)29(18-22-6-3-2-4-7-22)36(20-23-10-12-24(32)13-11-23)30(38)21-37(27-9-5-8-26(34)19-27)42(40,41)28-16-14-25(33)15-17-28/h2-17,19,29H,18,20-21H2,1H3,(H,35,39)/t29-/m1/s1. The molecule has 0 bridgehead atoms. The lowest BCUT2D eigenvalue weighted by Crippen LogP contribution is -2.53. The quantitative estimate of drug-likeness (QED) is 0.210. The number of rotatable bonds is 11. The molecule has 7 nitrogen and oxygen atoms in total. The highest BCUT2D eigenvalue weighted by Crippen LogP contribution is 2.28. The van der Waals surface area contributed by atoms with Crippen LogP contribution in [0.15, 0.2) is 108 Å². The molecule has 0 heterocycles. The number of hydrogen-bond acceptors (Lipinski definition) is 4. The van der Waals surface area contributed by atoms with Gasteiger partial charge in [0.05, 0.1) is 10.6 Å². The van der Waals surface area contributed by atoms with Gasteiger partial charge in [-0.15, -0.1) is 0 Å². The van der Waals surface area contributed by atoms with Crippen molar-refractivity contribution in [3.63, 3.8) is 0 Å². The number of likely N-dealkylation sites (N-methyl/N-ethyl adjacent to an activating group) is 1. The van der Waals surface area contributed by atoms with Crippen molar-refractivity contribution in [2.24, 2.45) is 0 Å². The fourth-order valence-electron chi connectivity index (χ4n) is 4.40. The summed E-state index contributed by atoms with van der Waals surface area (Å²) in [5.74, 6) is -0.983. The normalized spacial score (nSPS) is 11.9. The van der Waals surface area contributed by atoms with Gasteiger partial charge in [-0.05, 0) is 65.7 Å². The molecule has 0 fully saturated rings. The van der Waals surface area contributed by atoms with Gasteiger partial charge in [-0.3, -0.25) is 13.9 Å². The van der Waals surface area contributed by atoms with E-state index in [4.69, 9.17) is 34.8 Å². The number of halogens is 3. The fourth-order valence-corrected chi connectivity index (χ4v) is 6.24. The number of benzene rings is 4. The highest BCUT2D eigenvalue weighted by molar-refractivity contribution is 7.92. The maximum absolute atomic E-state index is 14.2. The third-order valence-electron chi connectivity index (χ3n) is 6.56. The van der Waals surface area contributed by atoms with Crippen molar-refractivity contribution in [3.05, 3.63) is 129 Å². The van der Waals surface area contributed by atoms with Gasteiger partial charge in [0.25, 0.3) is 10.0 Å². The van der Waals surface area contributed by atoms with E-state index in [1.165, 1.54) is 42.3 Å². The Morgan fingerprint density at radius 3 is 1.98 bits per heavy atom. The molecule has 2 amide bonds. The molecule has 0 aromatic heterocycles. The Morgan fingerprint density at radius 1 is 0.762 bits per heavy atom. The lowest BCUT2D eigenvalue weighted by Gasteiger charge is -2.33. The summed E-state index contributed by atoms with van der Waals surface area (Å²) in [7, 11) is -2.76. The molecule has 218 valence electrons. The molecule has 0 aliphatic rings. The zero-order valence-electron chi connectivity index (χ0n) is 22.6. The van der Waals surface area contributed by atoms with Gasteiger partial charge in [0.1, 0.15) is 12.6 Å². The van der Waals surface area contributed by atoms with Crippen LogP contribution in [0.4, 0.5) is 5.69 Å². The highest BCUT2D eigenvalue weighted by Gasteiger charge is 2.34. The van der Waals surface area contributed by atoms with E-state index in [0.717, 1.165) is 9.87 Å². The fraction of sp³-hybridized carbons (Fsp3) is 0.161. The molecule has 0 saturated heterocycles. The van der Waals surface area contributed by atoms with Crippen LogP contribution in [0, 0.1) is 0 Å². The molecule has 1 N–H and O–H groups in total. The average molecular weight is 645 g/mol. The number of anilines is 1. The molecule has 4 aromatic rings. The van der Waals surface area contributed by atoms with Crippen molar-refractivity contribution in [2.45, 2.75) is 23.9 Å². The van der Waals surface area contributed by atoms with Gasteiger partial charge in [0.2, 0.25) is 11.8 Å². The maximum atomic E-state index is 14.2. The first-order chi connectivity index (χ1) is 20.1. The zero-order valence-corrected chi connectivity index (χ0v) is 25.7. The van der Waals surface area contributed by atoms with E-state index in [-0.39, 0.29) is 23.5 Å². The van der Waals surface area contributed by atoms with Crippen molar-refractivity contribution >= 4 is 62.3 Å². The van der Waals surface area contributed by atoms with Crippen LogP contribution in [0.25, 0.3) is 0 Å². The Hall–Kier alpha value is -3.56. The molecule has 1 atom stereocenters. The molecule has 4 rings (SSSR count). The van der Waals surface area contributed by atoms with Crippen LogP contribution in [0.3, 0.4) is 0 Å². The van der Waals surface area contributed by atoms with Gasteiger partial charge in [0, 0.05) is 35.1 Å². The van der Waals surface area contributed by atoms with Gasteiger partial charge in [-0.1, -0.05) is 83.3 Å². The van der Waals surface area contributed by atoms with Gasteiger partial charge < -0.3 is 10.2 Å². The average Bonchev–Trinajstić information content (AvgIpc) is 2.98. The summed E-state index contributed by atoms with van der Waals surface area (Å²) in [6.45, 7) is -0.563. The van der Waals surface area contributed by atoms with E-state index in [0.29, 0.717) is 20.6 Å². The Kier molecular flexibility index (Phi) is 10.5. The first-order valence-corrected chi connectivity index (χ1v) is 15.5. The Balaban J connectivity index is 1.78. The second-order valence-corrected chi connectivity index (χ2v) is 12.6. The lowest BCUT2D eigenvalue weighted by molar-refractivity contribution is -0.139. The monoisotopic (exact) mass is 643 g/mol. The van der Waals surface area contributed by atoms with Crippen LogP contribution >= 0.6 is 34.8 Å². The van der Waals surface area contributed by atoms with E-state index < -0.39 is 34.4 Å². The number of nitrogens with zero attached hydrogens (tertiary/aromatic N) is 2. The number of sulfonamides is 1. The summed E-state index contributed by atoms with van der Waals surface area (Å²) in [5, 5.41) is 3.83. The zero-order chi connectivity index (χ0) is 30.3. The SMILES string of the molecule is CNC(=O)[C@@H](Cc1ccccc1)N(Cc1ccc(Cl)cc1)C(=O)CN(c1cccc(Cl)c1)S(=O)(=O)c1ccc(Cl)cc1. The van der Waals surface area contributed by atoms with E-state index in [9.17, 15) is 18.0 Å². The maximum Gasteiger partial charge on any atom is 0.264 e. The lowest BCUT2D eigenvalue weighted by atomic mass is 10.0. The van der Waals surface area contributed by atoms with Crippen molar-refractivity contribution in [1.82, 2.24) is 10.2 Å². The molecule has 0 spiro atoms. The van der Waals surface area contributed by atoms with Gasteiger partial charge in [-0.2, -0.15) is 0 Å². The minimum absolute atomic E-state index is 0.0330.